The number of para-hydroxylation sites is 1. The van der Waals surface area contributed by atoms with Crippen molar-refractivity contribution in [1.82, 2.24) is 19.9 Å². The summed E-state index contributed by atoms with van der Waals surface area (Å²) >= 11 is 0. The van der Waals surface area contributed by atoms with E-state index in [1.54, 1.807) is 81.2 Å². The van der Waals surface area contributed by atoms with Crippen LogP contribution in [0.15, 0.2) is 152 Å². The molecule has 338 valence electrons. The summed E-state index contributed by atoms with van der Waals surface area (Å²) in [6.45, 7) is 5.58. The fraction of sp³-hybridized carbons (Fsp3) is 0.0784. The molecule has 0 saturated carbocycles. The minimum atomic E-state index is -1.20. The molecular formula is C51H43F2N7O7. The number of hydrogen-bond acceptors (Lipinski definition) is 11. The van der Waals surface area contributed by atoms with Crippen molar-refractivity contribution in [2.24, 2.45) is 0 Å². The summed E-state index contributed by atoms with van der Waals surface area (Å²) in [5.74, 6) is -4.58. The fourth-order valence-electron chi connectivity index (χ4n) is 6.46. The summed E-state index contributed by atoms with van der Waals surface area (Å²) in [6.07, 6.45) is 6.17. The maximum absolute atomic E-state index is 13.0. The van der Waals surface area contributed by atoms with Gasteiger partial charge < -0.3 is 36.0 Å². The molecule has 16 heteroatoms. The zero-order valence-electron chi connectivity index (χ0n) is 36.5. The van der Waals surface area contributed by atoms with Gasteiger partial charge in [0.2, 0.25) is 5.95 Å². The number of nitrogens with one attached hydrogen (secondary N) is 3. The van der Waals surface area contributed by atoms with Crippen molar-refractivity contribution in [3.05, 3.63) is 197 Å². The molecule has 0 aliphatic carbocycles. The Bertz CT molecular complexity index is 3050. The Balaban J connectivity index is 0.000000167. The highest BCUT2D eigenvalue weighted by Crippen LogP contribution is 2.28. The van der Waals surface area contributed by atoms with Gasteiger partial charge in [-0.3, -0.25) is 15.0 Å². The Morgan fingerprint density at radius 2 is 1.10 bits per heavy atom. The lowest BCUT2D eigenvalue weighted by molar-refractivity contribution is 0.0687. The van der Waals surface area contributed by atoms with Crippen molar-refractivity contribution in [3.63, 3.8) is 0 Å². The molecule has 6 N–H and O–H groups in total. The third-order valence-corrected chi connectivity index (χ3v) is 9.72. The van der Waals surface area contributed by atoms with Gasteiger partial charge in [-0.05, 0) is 105 Å². The topological polar surface area (TPSA) is 209 Å². The summed E-state index contributed by atoms with van der Waals surface area (Å²) in [6, 6.07) is 36.7. The maximum atomic E-state index is 13.0. The van der Waals surface area contributed by atoms with Gasteiger partial charge in [-0.1, -0.05) is 53.6 Å². The lowest BCUT2D eigenvalue weighted by atomic mass is 10.1. The second-order valence-corrected chi connectivity index (χ2v) is 14.7. The highest BCUT2D eigenvalue weighted by atomic mass is 19.2. The Hall–Kier alpha value is -9.05. The maximum Gasteiger partial charge on any atom is 0.337 e. The number of benzene rings is 4. The number of aryl methyl sites for hydroxylation is 3. The number of carbonyl (C=O) groups is 3. The van der Waals surface area contributed by atoms with Crippen LogP contribution in [0.1, 0.15) is 47.8 Å². The summed E-state index contributed by atoms with van der Waals surface area (Å²) < 4.78 is 30.9. The summed E-state index contributed by atoms with van der Waals surface area (Å²) in [4.78, 5) is 50.2. The molecule has 0 bridgehead atoms. The number of nitrogens with zero attached hydrogens (tertiary/aromatic N) is 4. The van der Waals surface area contributed by atoms with Gasteiger partial charge in [0.25, 0.3) is 0 Å². The standard InChI is InChI=1S/C19H17N3O2.C19H16N2O3.C13H10F2N2O2/c1-12-6-7-16(15(9-12)19(23)24)22-14-10-13(2)18(21-11-14)17-5-3-4-8-20-17;1-24-15-6-4-5-13(11-15)17-10-9-14(12-20-17)21-18-8-3-2-7-16(18)19(22)23;1-7-2-3-11(9(4-7)13(18)19)17-8-5-10(14)12(15)16-6-8/h3-11,22H,1-2H3,(H,23,24);2-12,21H,1H3,(H,22,23);2-6,17H,1H3,(H,18,19). The van der Waals surface area contributed by atoms with Crippen LogP contribution in [0.4, 0.5) is 42.9 Å². The smallest absolute Gasteiger partial charge is 0.337 e. The van der Waals surface area contributed by atoms with E-state index in [2.05, 4.69) is 35.9 Å². The zero-order chi connectivity index (χ0) is 48.0. The number of ether oxygens (including phenoxy) is 1. The molecule has 0 aliphatic heterocycles. The number of aromatic carboxylic acids is 3. The van der Waals surface area contributed by atoms with Gasteiger partial charge >= 0.3 is 17.9 Å². The van der Waals surface area contributed by atoms with Gasteiger partial charge in [0.1, 0.15) is 5.75 Å². The Morgan fingerprint density at radius 1 is 0.522 bits per heavy atom. The van der Waals surface area contributed by atoms with Crippen LogP contribution in [0.2, 0.25) is 0 Å². The molecular weight excluding hydrogens is 861 g/mol. The number of aromatic nitrogens is 4. The highest BCUT2D eigenvalue weighted by molar-refractivity contribution is 5.97. The fourth-order valence-corrected chi connectivity index (χ4v) is 6.46. The van der Waals surface area contributed by atoms with Gasteiger partial charge in [0.15, 0.2) is 5.82 Å². The first-order valence-corrected chi connectivity index (χ1v) is 20.3. The van der Waals surface area contributed by atoms with E-state index in [9.17, 15) is 33.4 Å². The average Bonchev–Trinajstić information content (AvgIpc) is 3.32. The van der Waals surface area contributed by atoms with Crippen molar-refractivity contribution in [2.45, 2.75) is 20.8 Å². The van der Waals surface area contributed by atoms with Gasteiger partial charge in [0.05, 0.1) is 93.6 Å². The van der Waals surface area contributed by atoms with Crippen molar-refractivity contribution in [2.75, 3.05) is 23.1 Å². The molecule has 8 rings (SSSR count). The molecule has 67 heavy (non-hydrogen) atoms. The lowest BCUT2D eigenvalue weighted by Crippen LogP contribution is -2.04. The van der Waals surface area contributed by atoms with Crippen molar-refractivity contribution >= 4 is 52.0 Å². The van der Waals surface area contributed by atoms with Gasteiger partial charge in [0, 0.05) is 17.8 Å². The highest BCUT2D eigenvalue weighted by Gasteiger charge is 2.14. The Labute approximate surface area is 383 Å². The molecule has 0 unspecified atom stereocenters. The largest absolute Gasteiger partial charge is 0.497 e. The van der Waals surface area contributed by atoms with Crippen LogP contribution < -0.4 is 20.7 Å². The lowest BCUT2D eigenvalue weighted by Gasteiger charge is -2.12. The van der Waals surface area contributed by atoms with Crippen LogP contribution in [0.5, 0.6) is 5.75 Å². The van der Waals surface area contributed by atoms with E-state index in [0.29, 0.717) is 11.4 Å². The average molecular weight is 904 g/mol. The zero-order valence-corrected chi connectivity index (χ0v) is 36.5. The number of methoxy groups -OCH3 is 1. The minimum absolute atomic E-state index is 0.0460. The monoisotopic (exact) mass is 903 g/mol. The number of carboxylic acid groups (broad SMARTS) is 3. The molecule has 0 atom stereocenters. The molecule has 8 aromatic rings. The Morgan fingerprint density at radius 3 is 1.67 bits per heavy atom. The van der Waals surface area contributed by atoms with Gasteiger partial charge in [-0.25, -0.2) is 23.8 Å². The first kappa shape index (κ1) is 47.4. The minimum Gasteiger partial charge on any atom is -0.497 e. The first-order chi connectivity index (χ1) is 32.2. The molecule has 4 heterocycles. The molecule has 14 nitrogen and oxygen atoms in total. The molecule has 0 spiro atoms. The van der Waals surface area contributed by atoms with E-state index in [1.807, 2.05) is 80.6 Å². The molecule has 4 aromatic heterocycles. The number of carboxylic acids is 3. The number of hydrogen-bond donors (Lipinski definition) is 6. The first-order valence-electron chi connectivity index (χ1n) is 20.3. The van der Waals surface area contributed by atoms with Crippen LogP contribution in [0, 0.1) is 32.5 Å². The molecule has 4 aromatic carbocycles. The van der Waals surface area contributed by atoms with Crippen molar-refractivity contribution in [3.8, 4) is 28.4 Å². The SMILES string of the molecule is COc1cccc(-c2ccc(Nc3ccccc3C(=O)O)cn2)c1.Cc1ccc(Nc2cnc(-c3ccccn3)c(C)c2)c(C(=O)O)c1.Cc1ccc(Nc2cnc(F)c(F)c2)c(C(=O)O)c1. The third-order valence-electron chi connectivity index (χ3n) is 9.72. The number of halogens is 2. The second-order valence-electron chi connectivity index (χ2n) is 14.7. The van der Waals surface area contributed by atoms with E-state index in [1.165, 1.54) is 6.07 Å². The Kier molecular flexibility index (Phi) is 15.6. The molecule has 0 aliphatic rings. The quantitative estimate of drug-likeness (QED) is 0.0631. The molecule has 0 radical (unpaired) electrons. The molecule has 0 amide bonds. The predicted octanol–water partition coefficient (Wildman–Crippen LogP) is 11.5. The van der Waals surface area contributed by atoms with E-state index in [4.69, 9.17) is 9.84 Å². The van der Waals surface area contributed by atoms with Gasteiger partial charge in [-0.2, -0.15) is 4.39 Å². The van der Waals surface area contributed by atoms with Crippen molar-refractivity contribution in [1.29, 1.82) is 0 Å². The molecule has 0 saturated heterocycles. The van der Waals surface area contributed by atoms with Crippen LogP contribution in [-0.2, 0) is 0 Å². The number of rotatable bonds is 12. The predicted molar refractivity (Wildman–Crippen MR) is 252 cm³/mol. The van der Waals surface area contributed by atoms with E-state index < -0.39 is 29.7 Å². The van der Waals surface area contributed by atoms with Crippen molar-refractivity contribution < 1.29 is 43.2 Å². The van der Waals surface area contributed by atoms with Crippen LogP contribution in [-0.4, -0.2) is 60.3 Å². The normalized spacial score (nSPS) is 10.3. The summed E-state index contributed by atoms with van der Waals surface area (Å²) in [5.41, 5.74) is 9.50. The summed E-state index contributed by atoms with van der Waals surface area (Å²) in [7, 11) is 1.62. The third kappa shape index (κ3) is 12.8. The van der Waals surface area contributed by atoms with E-state index in [0.717, 1.165) is 68.7 Å². The van der Waals surface area contributed by atoms with E-state index >= 15 is 0 Å². The van der Waals surface area contributed by atoms with E-state index in [-0.39, 0.29) is 28.1 Å². The van der Waals surface area contributed by atoms with Crippen LogP contribution in [0.3, 0.4) is 0 Å². The summed E-state index contributed by atoms with van der Waals surface area (Å²) in [5, 5.41) is 36.6. The second kappa shape index (κ2) is 22.0. The number of anilines is 6. The van der Waals surface area contributed by atoms with Gasteiger partial charge in [-0.15, -0.1) is 0 Å². The number of pyridine rings is 4. The molecule has 0 fully saturated rings. The van der Waals surface area contributed by atoms with Crippen LogP contribution >= 0.6 is 0 Å². The van der Waals surface area contributed by atoms with Crippen LogP contribution in [0.25, 0.3) is 22.6 Å².